The van der Waals surface area contributed by atoms with Crippen LogP contribution in [0.5, 0.6) is 0 Å². The Hall–Kier alpha value is -1.62. The molecule has 0 aromatic carbocycles. The third-order valence-electron chi connectivity index (χ3n) is 2.33. The first kappa shape index (κ1) is 12.4. The van der Waals surface area contributed by atoms with E-state index in [0.29, 0.717) is 5.56 Å². The third-order valence-corrected chi connectivity index (χ3v) is 2.33. The Morgan fingerprint density at radius 1 is 1.56 bits per heavy atom. The minimum atomic E-state index is -0.975. The standard InChI is InChI=1S/C10H14N4O2/c1-7-6-12-4-2-8(7)10(16)9(15)3-5-13-14-11/h2,4,6,9-10,15-16H,3,5H2,1H3. The summed E-state index contributed by atoms with van der Waals surface area (Å²) in [4.78, 5) is 6.48. The highest BCUT2D eigenvalue weighted by molar-refractivity contribution is 5.24. The summed E-state index contributed by atoms with van der Waals surface area (Å²) in [6, 6.07) is 1.66. The molecule has 86 valence electrons. The van der Waals surface area contributed by atoms with Crippen LogP contribution in [-0.2, 0) is 0 Å². The van der Waals surface area contributed by atoms with Gasteiger partial charge in [0.05, 0.1) is 6.10 Å². The number of azide groups is 1. The second-order valence-corrected chi connectivity index (χ2v) is 3.49. The first-order valence-corrected chi connectivity index (χ1v) is 4.94. The smallest absolute Gasteiger partial charge is 0.105 e. The monoisotopic (exact) mass is 222 g/mol. The average molecular weight is 222 g/mol. The van der Waals surface area contributed by atoms with Gasteiger partial charge in [0.2, 0.25) is 0 Å². The van der Waals surface area contributed by atoms with E-state index in [1.807, 2.05) is 6.92 Å². The maximum atomic E-state index is 9.86. The molecule has 2 atom stereocenters. The Labute approximate surface area is 93.2 Å². The molecule has 0 bridgehead atoms. The summed E-state index contributed by atoms with van der Waals surface area (Å²) in [5, 5.41) is 22.8. The second-order valence-electron chi connectivity index (χ2n) is 3.49. The van der Waals surface area contributed by atoms with E-state index in [1.165, 1.54) is 0 Å². The molecule has 0 saturated carbocycles. The molecule has 1 heterocycles. The van der Waals surface area contributed by atoms with Crippen molar-refractivity contribution in [1.82, 2.24) is 4.98 Å². The van der Waals surface area contributed by atoms with E-state index in [-0.39, 0.29) is 13.0 Å². The molecule has 0 aliphatic carbocycles. The number of aromatic nitrogens is 1. The number of rotatable bonds is 5. The molecule has 0 fully saturated rings. The lowest BCUT2D eigenvalue weighted by Crippen LogP contribution is -2.20. The van der Waals surface area contributed by atoms with Crippen LogP contribution in [0.15, 0.2) is 23.6 Å². The van der Waals surface area contributed by atoms with Crippen LogP contribution >= 0.6 is 0 Å². The number of nitrogens with zero attached hydrogens (tertiary/aromatic N) is 4. The molecule has 0 spiro atoms. The first-order valence-electron chi connectivity index (χ1n) is 4.94. The normalized spacial score (nSPS) is 13.9. The summed E-state index contributed by atoms with van der Waals surface area (Å²) in [6.45, 7) is 1.98. The van der Waals surface area contributed by atoms with Crippen molar-refractivity contribution in [1.29, 1.82) is 0 Å². The van der Waals surface area contributed by atoms with Gasteiger partial charge in [0.15, 0.2) is 0 Å². The quantitative estimate of drug-likeness (QED) is 0.448. The summed E-state index contributed by atoms with van der Waals surface area (Å²) < 4.78 is 0. The fourth-order valence-corrected chi connectivity index (χ4v) is 1.42. The third kappa shape index (κ3) is 3.20. The van der Waals surface area contributed by atoms with Crippen LogP contribution in [-0.4, -0.2) is 27.8 Å². The summed E-state index contributed by atoms with van der Waals surface area (Å²) >= 11 is 0. The summed E-state index contributed by atoms with van der Waals surface area (Å²) in [7, 11) is 0. The Kier molecular flexibility index (Phi) is 4.72. The Morgan fingerprint density at radius 3 is 2.94 bits per heavy atom. The van der Waals surface area contributed by atoms with E-state index < -0.39 is 12.2 Å². The Balaban J connectivity index is 2.66. The number of aliphatic hydroxyl groups is 2. The fourth-order valence-electron chi connectivity index (χ4n) is 1.42. The van der Waals surface area contributed by atoms with Crippen LogP contribution in [0.4, 0.5) is 0 Å². The molecule has 16 heavy (non-hydrogen) atoms. The van der Waals surface area contributed by atoms with Crippen molar-refractivity contribution < 1.29 is 10.2 Å². The van der Waals surface area contributed by atoms with E-state index in [2.05, 4.69) is 15.0 Å². The van der Waals surface area contributed by atoms with Crippen LogP contribution in [0.1, 0.15) is 23.7 Å². The van der Waals surface area contributed by atoms with E-state index in [0.717, 1.165) is 5.56 Å². The molecule has 1 rings (SSSR count). The minimum Gasteiger partial charge on any atom is -0.390 e. The molecule has 6 nitrogen and oxygen atoms in total. The molecule has 0 saturated heterocycles. The molecule has 2 unspecified atom stereocenters. The lowest BCUT2D eigenvalue weighted by atomic mass is 10.00. The lowest BCUT2D eigenvalue weighted by molar-refractivity contribution is 0.0146. The Bertz CT molecular complexity index is 390. The van der Waals surface area contributed by atoms with Gasteiger partial charge < -0.3 is 10.2 Å². The largest absolute Gasteiger partial charge is 0.390 e. The molecule has 0 aliphatic heterocycles. The zero-order valence-corrected chi connectivity index (χ0v) is 8.98. The van der Waals surface area contributed by atoms with Gasteiger partial charge in [0.25, 0.3) is 0 Å². The number of hydrogen-bond donors (Lipinski definition) is 2. The predicted octanol–water partition coefficient (Wildman–Crippen LogP) is 1.48. The Morgan fingerprint density at radius 2 is 2.31 bits per heavy atom. The fraction of sp³-hybridized carbons (Fsp3) is 0.500. The molecule has 2 N–H and O–H groups in total. The number of pyridine rings is 1. The molecule has 1 aromatic rings. The maximum Gasteiger partial charge on any atom is 0.105 e. The zero-order valence-electron chi connectivity index (χ0n) is 8.98. The lowest BCUT2D eigenvalue weighted by Gasteiger charge is -2.18. The maximum absolute atomic E-state index is 9.86. The van der Waals surface area contributed by atoms with Crippen LogP contribution in [0, 0.1) is 6.92 Å². The second kappa shape index (κ2) is 6.07. The zero-order chi connectivity index (χ0) is 12.0. The van der Waals surface area contributed by atoms with Crippen molar-refractivity contribution in [3.05, 3.63) is 40.0 Å². The van der Waals surface area contributed by atoms with Gasteiger partial charge in [-0.25, -0.2) is 0 Å². The SMILES string of the molecule is Cc1cnccc1C(O)C(O)CCN=[N+]=[N-]. The van der Waals surface area contributed by atoms with Gasteiger partial charge >= 0.3 is 0 Å². The van der Waals surface area contributed by atoms with Gasteiger partial charge in [0.1, 0.15) is 6.10 Å². The molecular formula is C10H14N4O2. The van der Waals surface area contributed by atoms with Crippen LogP contribution in [0.25, 0.3) is 10.4 Å². The van der Waals surface area contributed by atoms with Crippen LogP contribution in [0.3, 0.4) is 0 Å². The van der Waals surface area contributed by atoms with Crippen molar-refractivity contribution in [3.63, 3.8) is 0 Å². The number of aliphatic hydroxyl groups excluding tert-OH is 2. The number of hydrogen-bond acceptors (Lipinski definition) is 4. The van der Waals surface area contributed by atoms with Crippen LogP contribution in [0.2, 0.25) is 0 Å². The minimum absolute atomic E-state index is 0.166. The first-order chi connectivity index (χ1) is 7.66. The van der Waals surface area contributed by atoms with Crippen molar-refractivity contribution in [3.8, 4) is 0 Å². The van der Waals surface area contributed by atoms with E-state index in [4.69, 9.17) is 5.53 Å². The molecule has 1 aromatic heterocycles. The van der Waals surface area contributed by atoms with Gasteiger partial charge in [0, 0.05) is 23.9 Å². The highest BCUT2D eigenvalue weighted by Gasteiger charge is 2.19. The molecule has 6 heteroatoms. The summed E-state index contributed by atoms with van der Waals surface area (Å²) in [5.41, 5.74) is 9.54. The van der Waals surface area contributed by atoms with Gasteiger partial charge in [-0.15, -0.1) is 0 Å². The average Bonchev–Trinajstić information content (AvgIpc) is 2.29. The summed E-state index contributed by atoms with van der Waals surface area (Å²) in [5.74, 6) is 0. The highest BCUT2D eigenvalue weighted by Crippen LogP contribution is 2.21. The molecule has 0 amide bonds. The van der Waals surface area contributed by atoms with Crippen LogP contribution < -0.4 is 0 Å². The topological polar surface area (TPSA) is 102 Å². The van der Waals surface area contributed by atoms with E-state index in [9.17, 15) is 10.2 Å². The highest BCUT2D eigenvalue weighted by atomic mass is 16.3. The number of aryl methyl sites for hydroxylation is 1. The van der Waals surface area contributed by atoms with Crippen molar-refractivity contribution in [2.24, 2.45) is 5.11 Å². The predicted molar refractivity (Wildman–Crippen MR) is 58.6 cm³/mol. The van der Waals surface area contributed by atoms with Gasteiger partial charge in [-0.2, -0.15) is 0 Å². The molecular weight excluding hydrogens is 208 g/mol. The van der Waals surface area contributed by atoms with Crippen molar-refractivity contribution in [2.45, 2.75) is 25.6 Å². The van der Waals surface area contributed by atoms with Crippen molar-refractivity contribution in [2.75, 3.05) is 6.54 Å². The molecule has 0 radical (unpaired) electrons. The summed E-state index contributed by atoms with van der Waals surface area (Å²) in [6.07, 6.45) is 1.50. The van der Waals surface area contributed by atoms with E-state index in [1.54, 1.807) is 18.5 Å². The van der Waals surface area contributed by atoms with E-state index >= 15 is 0 Å². The van der Waals surface area contributed by atoms with Gasteiger partial charge in [-0.1, -0.05) is 5.11 Å². The van der Waals surface area contributed by atoms with Gasteiger partial charge in [-0.05, 0) is 36.1 Å². The van der Waals surface area contributed by atoms with Crippen molar-refractivity contribution >= 4 is 0 Å². The molecule has 0 aliphatic rings. The van der Waals surface area contributed by atoms with Gasteiger partial charge in [-0.3, -0.25) is 4.98 Å².